The van der Waals surface area contributed by atoms with E-state index in [1.165, 1.54) is 0 Å². The molecule has 0 radical (unpaired) electrons. The summed E-state index contributed by atoms with van der Waals surface area (Å²) in [6, 6.07) is 8.25. The molecule has 0 atom stereocenters. The van der Waals surface area contributed by atoms with E-state index < -0.39 is 0 Å². The lowest BCUT2D eigenvalue weighted by Gasteiger charge is -2.34. The first-order valence-electron chi connectivity index (χ1n) is 9.46. The number of ether oxygens (including phenoxy) is 2. The SMILES string of the molecule is CC(C)N1CCC(Oc2ccc(C(=O)CN3CCOCC3)cc2)CC1.Cl.Cl. The molecule has 3 rings (SSSR count). The fourth-order valence-electron chi connectivity index (χ4n) is 3.48. The number of hydrogen-bond acceptors (Lipinski definition) is 5. The second-order valence-electron chi connectivity index (χ2n) is 7.28. The maximum atomic E-state index is 12.4. The van der Waals surface area contributed by atoms with Gasteiger partial charge in [-0.25, -0.2) is 0 Å². The summed E-state index contributed by atoms with van der Waals surface area (Å²) in [6.45, 7) is 10.3. The highest BCUT2D eigenvalue weighted by atomic mass is 35.5. The number of hydrogen-bond donors (Lipinski definition) is 0. The van der Waals surface area contributed by atoms with Crippen molar-refractivity contribution in [3.05, 3.63) is 29.8 Å². The molecule has 7 heteroatoms. The minimum Gasteiger partial charge on any atom is -0.490 e. The predicted octanol–water partition coefficient (Wildman–Crippen LogP) is 3.30. The van der Waals surface area contributed by atoms with E-state index in [2.05, 4.69) is 23.6 Å². The molecule has 0 aromatic heterocycles. The smallest absolute Gasteiger partial charge is 0.176 e. The number of piperidine rings is 1. The van der Waals surface area contributed by atoms with Crippen LogP contribution in [0.15, 0.2) is 24.3 Å². The summed E-state index contributed by atoms with van der Waals surface area (Å²) in [5.41, 5.74) is 0.758. The summed E-state index contributed by atoms with van der Waals surface area (Å²) < 4.78 is 11.4. The third-order valence-corrected chi connectivity index (χ3v) is 5.16. The summed E-state index contributed by atoms with van der Waals surface area (Å²) >= 11 is 0. The molecule has 2 aliphatic heterocycles. The Morgan fingerprint density at radius 1 is 1.07 bits per heavy atom. The monoisotopic (exact) mass is 418 g/mol. The van der Waals surface area contributed by atoms with Crippen molar-refractivity contribution >= 4 is 30.6 Å². The van der Waals surface area contributed by atoms with E-state index in [-0.39, 0.29) is 36.7 Å². The number of nitrogens with zero attached hydrogens (tertiary/aromatic N) is 2. The lowest BCUT2D eigenvalue weighted by molar-refractivity contribution is 0.0371. The second-order valence-corrected chi connectivity index (χ2v) is 7.28. The summed E-state index contributed by atoms with van der Waals surface area (Å²) in [6.07, 6.45) is 2.41. The largest absolute Gasteiger partial charge is 0.490 e. The van der Waals surface area contributed by atoms with Crippen LogP contribution in [-0.4, -0.2) is 73.7 Å². The highest BCUT2D eigenvalue weighted by Crippen LogP contribution is 2.21. The molecule has 1 aromatic carbocycles. The van der Waals surface area contributed by atoms with Crippen LogP contribution in [0.5, 0.6) is 5.75 Å². The van der Waals surface area contributed by atoms with Gasteiger partial charge in [0.2, 0.25) is 0 Å². The molecule has 0 unspecified atom stereocenters. The van der Waals surface area contributed by atoms with Crippen LogP contribution in [0.1, 0.15) is 37.0 Å². The van der Waals surface area contributed by atoms with Gasteiger partial charge in [-0.1, -0.05) is 0 Å². The normalized spacial score (nSPS) is 19.2. The van der Waals surface area contributed by atoms with Crippen LogP contribution < -0.4 is 4.74 Å². The average Bonchev–Trinajstić information content (AvgIpc) is 2.63. The molecule has 0 amide bonds. The van der Waals surface area contributed by atoms with Crippen LogP contribution in [0.3, 0.4) is 0 Å². The standard InChI is InChI=1S/C20H30N2O3.2ClH/c1-16(2)22-9-7-19(8-10-22)25-18-5-3-17(4-6-18)20(23)15-21-11-13-24-14-12-21;;/h3-6,16,19H,7-15H2,1-2H3;2*1H. The van der Waals surface area contributed by atoms with Gasteiger partial charge in [0, 0.05) is 37.8 Å². The summed E-state index contributed by atoms with van der Waals surface area (Å²) in [4.78, 5) is 17.0. The van der Waals surface area contributed by atoms with Crippen molar-refractivity contribution in [1.29, 1.82) is 0 Å². The number of carbonyl (C=O) groups is 1. The van der Waals surface area contributed by atoms with Crippen LogP contribution >= 0.6 is 24.8 Å². The van der Waals surface area contributed by atoms with Gasteiger partial charge in [-0.15, -0.1) is 24.8 Å². The van der Waals surface area contributed by atoms with Gasteiger partial charge in [0.15, 0.2) is 5.78 Å². The van der Waals surface area contributed by atoms with Crippen molar-refractivity contribution in [2.75, 3.05) is 45.9 Å². The molecule has 2 fully saturated rings. The average molecular weight is 419 g/mol. The molecule has 5 nitrogen and oxygen atoms in total. The van der Waals surface area contributed by atoms with Gasteiger partial charge < -0.3 is 14.4 Å². The molecule has 27 heavy (non-hydrogen) atoms. The molecule has 0 aliphatic carbocycles. The van der Waals surface area contributed by atoms with E-state index in [0.717, 1.165) is 63.5 Å². The lowest BCUT2D eigenvalue weighted by Crippen LogP contribution is -2.41. The third-order valence-electron chi connectivity index (χ3n) is 5.16. The number of carbonyl (C=O) groups excluding carboxylic acids is 1. The van der Waals surface area contributed by atoms with E-state index in [1.807, 2.05) is 24.3 Å². The van der Waals surface area contributed by atoms with E-state index in [9.17, 15) is 4.79 Å². The van der Waals surface area contributed by atoms with Crippen molar-refractivity contribution in [1.82, 2.24) is 9.80 Å². The van der Waals surface area contributed by atoms with E-state index in [1.54, 1.807) is 0 Å². The number of benzene rings is 1. The van der Waals surface area contributed by atoms with E-state index in [0.29, 0.717) is 12.6 Å². The molecule has 0 saturated carbocycles. The Kier molecular flexibility index (Phi) is 10.6. The van der Waals surface area contributed by atoms with Gasteiger partial charge in [0.25, 0.3) is 0 Å². The highest BCUT2D eigenvalue weighted by molar-refractivity contribution is 5.97. The predicted molar refractivity (Wildman–Crippen MR) is 113 cm³/mol. The van der Waals surface area contributed by atoms with Crippen LogP contribution in [0.4, 0.5) is 0 Å². The summed E-state index contributed by atoms with van der Waals surface area (Å²) in [5, 5.41) is 0. The van der Waals surface area contributed by atoms with E-state index >= 15 is 0 Å². The van der Waals surface area contributed by atoms with Crippen LogP contribution in [0.25, 0.3) is 0 Å². The van der Waals surface area contributed by atoms with Crippen molar-refractivity contribution in [3.8, 4) is 5.75 Å². The Balaban J connectivity index is 0.00000182. The molecule has 154 valence electrons. The molecule has 0 N–H and O–H groups in total. The first-order chi connectivity index (χ1) is 12.1. The molecule has 0 spiro atoms. The second kappa shape index (κ2) is 11.9. The first-order valence-corrected chi connectivity index (χ1v) is 9.46. The number of Topliss-reactive ketones (excluding diaryl/α,β-unsaturated/α-hetero) is 1. The minimum absolute atomic E-state index is 0. The van der Waals surface area contributed by atoms with E-state index in [4.69, 9.17) is 9.47 Å². The molecular weight excluding hydrogens is 387 g/mol. The highest BCUT2D eigenvalue weighted by Gasteiger charge is 2.22. The molecule has 2 saturated heterocycles. The minimum atomic E-state index is 0. The van der Waals surface area contributed by atoms with Crippen LogP contribution in [-0.2, 0) is 4.74 Å². The topological polar surface area (TPSA) is 42.0 Å². The van der Waals surface area contributed by atoms with Crippen molar-refractivity contribution in [3.63, 3.8) is 0 Å². The Hall–Kier alpha value is -0.850. The zero-order chi connectivity index (χ0) is 17.6. The molecule has 1 aromatic rings. The van der Waals surface area contributed by atoms with Crippen molar-refractivity contribution in [2.45, 2.75) is 38.8 Å². The Bertz CT molecular complexity index is 555. The van der Waals surface area contributed by atoms with Gasteiger partial charge in [-0.05, 0) is 51.0 Å². The van der Waals surface area contributed by atoms with Crippen LogP contribution in [0, 0.1) is 0 Å². The number of halogens is 2. The van der Waals surface area contributed by atoms with Gasteiger partial charge in [0.05, 0.1) is 19.8 Å². The number of morpholine rings is 1. The lowest BCUT2D eigenvalue weighted by atomic mass is 10.1. The summed E-state index contributed by atoms with van der Waals surface area (Å²) in [7, 11) is 0. The zero-order valence-electron chi connectivity index (χ0n) is 16.3. The Morgan fingerprint density at radius 2 is 1.67 bits per heavy atom. The quantitative estimate of drug-likeness (QED) is 0.662. The fourth-order valence-corrected chi connectivity index (χ4v) is 3.48. The molecule has 2 heterocycles. The number of likely N-dealkylation sites (tertiary alicyclic amines) is 1. The molecular formula is C20H32Cl2N2O3. The number of rotatable bonds is 6. The Labute approximate surface area is 175 Å². The van der Waals surface area contributed by atoms with Gasteiger partial charge >= 0.3 is 0 Å². The first kappa shape index (κ1) is 24.2. The zero-order valence-corrected chi connectivity index (χ0v) is 17.9. The van der Waals surface area contributed by atoms with Crippen molar-refractivity contribution < 1.29 is 14.3 Å². The third kappa shape index (κ3) is 7.24. The van der Waals surface area contributed by atoms with Crippen LogP contribution in [0.2, 0.25) is 0 Å². The fraction of sp³-hybridized carbons (Fsp3) is 0.650. The van der Waals surface area contributed by atoms with Gasteiger partial charge in [-0.3, -0.25) is 9.69 Å². The van der Waals surface area contributed by atoms with Gasteiger partial charge in [0.1, 0.15) is 11.9 Å². The van der Waals surface area contributed by atoms with Crippen molar-refractivity contribution in [2.24, 2.45) is 0 Å². The maximum absolute atomic E-state index is 12.4. The van der Waals surface area contributed by atoms with Gasteiger partial charge in [-0.2, -0.15) is 0 Å². The summed E-state index contributed by atoms with van der Waals surface area (Å²) in [5.74, 6) is 1.03. The Morgan fingerprint density at radius 3 is 2.22 bits per heavy atom. The molecule has 0 bridgehead atoms. The maximum Gasteiger partial charge on any atom is 0.176 e. The number of ketones is 1. The molecule has 2 aliphatic rings.